The van der Waals surface area contributed by atoms with Gasteiger partial charge in [0, 0.05) is 7.05 Å². The lowest BCUT2D eigenvalue weighted by Crippen LogP contribution is -2.40. The predicted octanol–water partition coefficient (Wildman–Crippen LogP) is -1.22. The third kappa shape index (κ3) is 8.87. The van der Waals surface area contributed by atoms with Crippen LogP contribution < -0.4 is 16.4 Å². The highest BCUT2D eigenvalue weighted by molar-refractivity contribution is 14.0. The molecule has 0 fully saturated rings. The molecule has 0 saturated carbocycles. The number of rotatable bonds is 3. The first-order valence-corrected chi connectivity index (χ1v) is 3.30. The minimum Gasteiger partial charge on any atom is -0.370 e. The van der Waals surface area contributed by atoms with E-state index in [1.807, 2.05) is 0 Å². The molecule has 0 aromatic heterocycles. The van der Waals surface area contributed by atoms with E-state index in [1.54, 1.807) is 6.07 Å². The molecule has 0 aliphatic rings. The number of hydrogen-bond acceptors (Lipinski definition) is 3. The Bertz CT molecular complexity index is 222. The summed E-state index contributed by atoms with van der Waals surface area (Å²) in [4.78, 5) is 14.4. The van der Waals surface area contributed by atoms with E-state index in [4.69, 9.17) is 11.0 Å². The second kappa shape index (κ2) is 9.05. The van der Waals surface area contributed by atoms with Gasteiger partial charge in [-0.25, -0.2) is 0 Å². The van der Waals surface area contributed by atoms with Gasteiger partial charge in [-0.1, -0.05) is 0 Å². The molecular formula is C6H12IN5O. The zero-order chi connectivity index (χ0) is 9.40. The third-order valence-corrected chi connectivity index (χ3v) is 1.04. The van der Waals surface area contributed by atoms with Crippen LogP contribution in [0.15, 0.2) is 4.99 Å². The SMILES string of the molecule is CN=C(N)NCC(=O)NCC#N.I. The summed E-state index contributed by atoms with van der Waals surface area (Å²) in [6, 6.07) is 1.78. The van der Waals surface area contributed by atoms with Crippen LogP contribution in [0.25, 0.3) is 0 Å². The Balaban J connectivity index is 0. The molecule has 0 rings (SSSR count). The fourth-order valence-corrected chi connectivity index (χ4v) is 0.451. The maximum Gasteiger partial charge on any atom is 0.240 e. The summed E-state index contributed by atoms with van der Waals surface area (Å²) in [6.45, 7) is 0.0362. The Hall–Kier alpha value is -1.04. The van der Waals surface area contributed by atoms with Crippen LogP contribution in [-0.2, 0) is 4.79 Å². The molecule has 0 unspecified atom stereocenters. The molecular weight excluding hydrogens is 285 g/mol. The Morgan fingerprint density at radius 3 is 2.69 bits per heavy atom. The molecule has 0 aliphatic heterocycles. The van der Waals surface area contributed by atoms with Crippen LogP contribution in [0, 0.1) is 11.3 Å². The first-order chi connectivity index (χ1) is 5.70. The maximum absolute atomic E-state index is 10.8. The number of guanidine groups is 1. The monoisotopic (exact) mass is 297 g/mol. The number of carbonyl (C=O) groups is 1. The van der Waals surface area contributed by atoms with Gasteiger partial charge in [-0.2, -0.15) is 5.26 Å². The minimum atomic E-state index is -0.289. The van der Waals surface area contributed by atoms with E-state index in [9.17, 15) is 4.79 Å². The quantitative estimate of drug-likeness (QED) is 0.263. The largest absolute Gasteiger partial charge is 0.370 e. The Morgan fingerprint density at radius 1 is 1.62 bits per heavy atom. The third-order valence-electron chi connectivity index (χ3n) is 1.04. The Labute approximate surface area is 93.6 Å². The van der Waals surface area contributed by atoms with E-state index < -0.39 is 0 Å². The summed E-state index contributed by atoms with van der Waals surface area (Å²) in [7, 11) is 1.51. The van der Waals surface area contributed by atoms with Crippen LogP contribution in [-0.4, -0.2) is 32.0 Å². The number of nitrogens with one attached hydrogen (secondary N) is 2. The lowest BCUT2D eigenvalue weighted by molar-refractivity contribution is -0.119. The van der Waals surface area contributed by atoms with Gasteiger partial charge in [0.25, 0.3) is 0 Å². The van der Waals surface area contributed by atoms with Gasteiger partial charge in [-0.15, -0.1) is 24.0 Å². The molecule has 74 valence electrons. The van der Waals surface area contributed by atoms with Crippen molar-refractivity contribution in [3.05, 3.63) is 0 Å². The summed E-state index contributed by atoms with van der Waals surface area (Å²) in [5.74, 6) is -0.0924. The molecule has 0 aromatic rings. The number of nitrogens with zero attached hydrogens (tertiary/aromatic N) is 2. The standard InChI is InChI=1S/C6H11N5O.HI/c1-9-6(8)11-4-5(12)10-3-2-7;/h3-4H2,1H3,(H,10,12)(H3,8,9,11);1H. The van der Waals surface area contributed by atoms with Crippen LogP contribution in [0.2, 0.25) is 0 Å². The van der Waals surface area contributed by atoms with Crippen molar-refractivity contribution in [2.75, 3.05) is 20.1 Å². The summed E-state index contributed by atoms with van der Waals surface area (Å²) in [5, 5.41) is 13.0. The number of nitrogens with two attached hydrogens (primary N) is 1. The van der Waals surface area contributed by atoms with Gasteiger partial charge in [-0.3, -0.25) is 9.79 Å². The number of amides is 1. The van der Waals surface area contributed by atoms with Crippen molar-refractivity contribution >= 4 is 35.8 Å². The van der Waals surface area contributed by atoms with Crippen LogP contribution in [0.1, 0.15) is 0 Å². The van der Waals surface area contributed by atoms with E-state index in [2.05, 4.69) is 15.6 Å². The van der Waals surface area contributed by atoms with Crippen LogP contribution in [0.5, 0.6) is 0 Å². The van der Waals surface area contributed by atoms with Gasteiger partial charge in [0.05, 0.1) is 12.6 Å². The van der Waals surface area contributed by atoms with Crippen molar-refractivity contribution < 1.29 is 4.79 Å². The highest BCUT2D eigenvalue weighted by Crippen LogP contribution is 1.64. The highest BCUT2D eigenvalue weighted by Gasteiger charge is 1.98. The topological polar surface area (TPSA) is 103 Å². The van der Waals surface area contributed by atoms with Crippen LogP contribution in [0.3, 0.4) is 0 Å². The maximum atomic E-state index is 10.8. The van der Waals surface area contributed by atoms with Crippen LogP contribution in [0.4, 0.5) is 0 Å². The fraction of sp³-hybridized carbons (Fsp3) is 0.500. The lowest BCUT2D eigenvalue weighted by Gasteiger charge is -2.03. The number of hydrogen-bond donors (Lipinski definition) is 3. The zero-order valence-corrected chi connectivity index (χ0v) is 9.53. The van der Waals surface area contributed by atoms with Gasteiger partial charge in [0.2, 0.25) is 5.91 Å². The summed E-state index contributed by atoms with van der Waals surface area (Å²) >= 11 is 0. The molecule has 7 heteroatoms. The second-order valence-electron chi connectivity index (χ2n) is 1.90. The van der Waals surface area contributed by atoms with Gasteiger partial charge >= 0.3 is 0 Å². The molecule has 0 atom stereocenters. The molecule has 0 saturated heterocycles. The van der Waals surface area contributed by atoms with E-state index in [1.165, 1.54) is 7.05 Å². The zero-order valence-electron chi connectivity index (χ0n) is 7.20. The molecule has 0 bridgehead atoms. The van der Waals surface area contributed by atoms with Crippen molar-refractivity contribution in [2.24, 2.45) is 10.7 Å². The summed E-state index contributed by atoms with van der Waals surface area (Å²) in [5.41, 5.74) is 5.24. The number of nitriles is 1. The first kappa shape index (κ1) is 14.5. The number of halogens is 1. The van der Waals surface area contributed by atoms with Crippen molar-refractivity contribution in [1.82, 2.24) is 10.6 Å². The Morgan fingerprint density at radius 2 is 2.23 bits per heavy atom. The van der Waals surface area contributed by atoms with Gasteiger partial charge < -0.3 is 16.4 Å². The smallest absolute Gasteiger partial charge is 0.240 e. The van der Waals surface area contributed by atoms with Crippen molar-refractivity contribution in [1.29, 1.82) is 5.26 Å². The average Bonchev–Trinajstić information content (AvgIpc) is 2.10. The fourth-order valence-electron chi connectivity index (χ4n) is 0.451. The highest BCUT2D eigenvalue weighted by atomic mass is 127. The van der Waals surface area contributed by atoms with Crippen molar-refractivity contribution in [3.63, 3.8) is 0 Å². The van der Waals surface area contributed by atoms with Gasteiger partial charge in [0.1, 0.15) is 6.54 Å². The normalized spacial score (nSPS) is 9.38. The first-order valence-electron chi connectivity index (χ1n) is 3.30. The van der Waals surface area contributed by atoms with E-state index in [-0.39, 0.29) is 48.9 Å². The van der Waals surface area contributed by atoms with Gasteiger partial charge in [-0.05, 0) is 0 Å². The molecule has 13 heavy (non-hydrogen) atoms. The molecule has 6 nitrogen and oxygen atoms in total. The van der Waals surface area contributed by atoms with Crippen LogP contribution >= 0.6 is 24.0 Å². The van der Waals surface area contributed by atoms with E-state index >= 15 is 0 Å². The molecule has 0 spiro atoms. The Kier molecular flexibility index (Phi) is 10.1. The van der Waals surface area contributed by atoms with Gasteiger partial charge in [0.15, 0.2) is 5.96 Å². The second-order valence-corrected chi connectivity index (χ2v) is 1.90. The van der Waals surface area contributed by atoms with E-state index in [0.29, 0.717) is 0 Å². The lowest BCUT2D eigenvalue weighted by atomic mass is 10.5. The average molecular weight is 297 g/mol. The van der Waals surface area contributed by atoms with E-state index in [0.717, 1.165) is 0 Å². The minimum absolute atomic E-state index is 0. The molecule has 0 aromatic carbocycles. The molecule has 1 amide bonds. The number of aliphatic imine (C=N–C) groups is 1. The number of carbonyl (C=O) groups excluding carboxylic acids is 1. The molecule has 4 N–H and O–H groups in total. The van der Waals surface area contributed by atoms with Crippen molar-refractivity contribution in [2.45, 2.75) is 0 Å². The predicted molar refractivity (Wildman–Crippen MR) is 59.6 cm³/mol. The summed E-state index contributed by atoms with van der Waals surface area (Å²) < 4.78 is 0. The molecule has 0 aliphatic carbocycles. The summed E-state index contributed by atoms with van der Waals surface area (Å²) in [6.07, 6.45) is 0. The molecule has 0 radical (unpaired) electrons. The van der Waals surface area contributed by atoms with Crippen molar-refractivity contribution in [3.8, 4) is 6.07 Å². The molecule has 0 heterocycles.